The largest absolute Gasteiger partial charge is 0.382 e. The van der Waals surface area contributed by atoms with Gasteiger partial charge in [-0.2, -0.15) is 0 Å². The molecule has 1 amide bonds. The minimum absolute atomic E-state index is 0.0993. The fraction of sp³-hybridized carbons (Fsp3) is 0.650. The molecule has 1 unspecified atom stereocenters. The van der Waals surface area contributed by atoms with E-state index >= 15 is 0 Å². The lowest BCUT2D eigenvalue weighted by atomic mass is 9.92. The van der Waals surface area contributed by atoms with Gasteiger partial charge in [-0.3, -0.25) is 4.79 Å². The highest BCUT2D eigenvalue weighted by Crippen LogP contribution is 2.30. The van der Waals surface area contributed by atoms with Crippen molar-refractivity contribution >= 4 is 5.91 Å². The van der Waals surface area contributed by atoms with Crippen molar-refractivity contribution in [2.24, 2.45) is 0 Å². The second-order valence-electron chi connectivity index (χ2n) is 7.00. The van der Waals surface area contributed by atoms with Gasteiger partial charge >= 0.3 is 0 Å². The summed E-state index contributed by atoms with van der Waals surface area (Å²) in [5.41, 5.74) is 3.04. The zero-order chi connectivity index (χ0) is 18.4. The molecule has 1 saturated heterocycles. The molecule has 3 rings (SSSR count). The van der Waals surface area contributed by atoms with Crippen molar-refractivity contribution in [3.63, 3.8) is 0 Å². The van der Waals surface area contributed by atoms with Crippen molar-refractivity contribution in [2.45, 2.75) is 37.9 Å². The number of fused-ring (bicyclic) bond motifs is 1. The molecule has 144 valence electrons. The van der Waals surface area contributed by atoms with Crippen LogP contribution < -0.4 is 5.32 Å². The number of carbonyl (C=O) groups is 1. The van der Waals surface area contributed by atoms with E-state index in [0.29, 0.717) is 39.6 Å². The molecule has 1 aromatic rings. The van der Waals surface area contributed by atoms with E-state index in [1.54, 1.807) is 7.11 Å². The summed E-state index contributed by atoms with van der Waals surface area (Å²) < 4.78 is 22.4. The molecule has 6 heteroatoms. The molecule has 6 nitrogen and oxygen atoms in total. The van der Waals surface area contributed by atoms with Gasteiger partial charge in [0, 0.05) is 39.7 Å². The van der Waals surface area contributed by atoms with Crippen LogP contribution in [0.5, 0.6) is 0 Å². The van der Waals surface area contributed by atoms with Crippen molar-refractivity contribution in [3.05, 3.63) is 34.9 Å². The van der Waals surface area contributed by atoms with Gasteiger partial charge < -0.3 is 24.3 Å². The lowest BCUT2D eigenvalue weighted by Crippen LogP contribution is -2.50. The molecule has 1 fully saturated rings. The number of aryl methyl sites for hydroxylation is 1. The molecule has 0 bridgehead atoms. The van der Waals surface area contributed by atoms with Crippen LogP contribution in [0.4, 0.5) is 0 Å². The first kappa shape index (κ1) is 19.3. The van der Waals surface area contributed by atoms with Gasteiger partial charge in [0.1, 0.15) is 0 Å². The maximum absolute atomic E-state index is 12.8. The van der Waals surface area contributed by atoms with Gasteiger partial charge in [0.15, 0.2) is 6.10 Å². The van der Waals surface area contributed by atoms with Crippen molar-refractivity contribution in [2.75, 3.05) is 46.7 Å². The highest BCUT2D eigenvalue weighted by atomic mass is 16.5. The smallest absolute Gasteiger partial charge is 0.253 e. The van der Waals surface area contributed by atoms with Gasteiger partial charge in [-0.25, -0.2) is 0 Å². The van der Waals surface area contributed by atoms with Crippen LogP contribution in [-0.2, 0) is 30.2 Å². The molecule has 0 saturated carbocycles. The van der Waals surface area contributed by atoms with Crippen LogP contribution in [-0.4, -0.2) is 58.2 Å². The topological polar surface area (TPSA) is 66.0 Å². The van der Waals surface area contributed by atoms with Crippen LogP contribution in [0.1, 0.15) is 35.6 Å². The number of carbonyl (C=O) groups excluding carboxylic acids is 1. The summed E-state index contributed by atoms with van der Waals surface area (Å²) in [5.74, 6) is -0.0993. The number of rotatable bonds is 7. The van der Waals surface area contributed by atoms with Gasteiger partial charge in [0.05, 0.1) is 25.4 Å². The lowest BCUT2D eigenvalue weighted by Gasteiger charge is -2.37. The third-order valence-electron chi connectivity index (χ3n) is 5.29. The Hall–Kier alpha value is -1.47. The van der Waals surface area contributed by atoms with Gasteiger partial charge in [-0.1, -0.05) is 18.2 Å². The normalized spacial score (nSPS) is 21.8. The molecule has 1 N–H and O–H groups in total. The van der Waals surface area contributed by atoms with E-state index in [1.807, 2.05) is 12.1 Å². The second-order valence-corrected chi connectivity index (χ2v) is 7.00. The Balaban J connectivity index is 1.65. The molecule has 2 aliphatic heterocycles. The summed E-state index contributed by atoms with van der Waals surface area (Å²) in [4.78, 5) is 12.8. The molecule has 2 heterocycles. The average molecular weight is 363 g/mol. The highest BCUT2D eigenvalue weighted by Gasteiger charge is 2.36. The van der Waals surface area contributed by atoms with Crippen LogP contribution in [0.2, 0.25) is 0 Å². The Morgan fingerprint density at radius 1 is 1.27 bits per heavy atom. The molecule has 2 aliphatic rings. The molecule has 26 heavy (non-hydrogen) atoms. The minimum Gasteiger partial charge on any atom is -0.382 e. The van der Waals surface area contributed by atoms with Crippen LogP contribution >= 0.6 is 0 Å². The third kappa shape index (κ3) is 4.43. The first-order valence-corrected chi connectivity index (χ1v) is 9.33. The molecule has 1 atom stereocenters. The lowest BCUT2D eigenvalue weighted by molar-refractivity contribution is -0.141. The summed E-state index contributed by atoms with van der Waals surface area (Å²) in [6.45, 7) is 5.44. The molecule has 0 radical (unpaired) electrons. The number of benzene rings is 1. The molecule has 1 aromatic carbocycles. The molecular formula is C20H29NO5. The number of hydrogen-bond acceptors (Lipinski definition) is 5. The zero-order valence-corrected chi connectivity index (χ0v) is 15.7. The highest BCUT2D eigenvalue weighted by molar-refractivity contribution is 5.83. The predicted molar refractivity (Wildman–Crippen MR) is 97.2 cm³/mol. The van der Waals surface area contributed by atoms with Crippen LogP contribution in [0.25, 0.3) is 0 Å². The SMILES string of the molecule is COCCOC1(CNC(=O)C2OCCc3c(C)cccc32)CCOCC1. The van der Waals surface area contributed by atoms with Gasteiger partial charge in [-0.15, -0.1) is 0 Å². The fourth-order valence-electron chi connectivity index (χ4n) is 3.70. The Kier molecular flexibility index (Phi) is 6.64. The number of hydrogen-bond donors (Lipinski definition) is 1. The van der Waals surface area contributed by atoms with Crippen LogP contribution in [0, 0.1) is 6.92 Å². The van der Waals surface area contributed by atoms with Crippen molar-refractivity contribution in [1.82, 2.24) is 5.32 Å². The Labute approximate surface area is 155 Å². The van der Waals surface area contributed by atoms with Crippen molar-refractivity contribution in [3.8, 4) is 0 Å². The van der Waals surface area contributed by atoms with Crippen LogP contribution in [0.3, 0.4) is 0 Å². The van der Waals surface area contributed by atoms with E-state index in [4.69, 9.17) is 18.9 Å². The van der Waals surface area contributed by atoms with E-state index in [-0.39, 0.29) is 5.91 Å². The van der Waals surface area contributed by atoms with E-state index < -0.39 is 11.7 Å². The average Bonchev–Trinajstić information content (AvgIpc) is 2.67. The Morgan fingerprint density at radius 2 is 2.08 bits per heavy atom. The quantitative estimate of drug-likeness (QED) is 0.750. The number of methoxy groups -OCH3 is 1. The van der Waals surface area contributed by atoms with Gasteiger partial charge in [-0.05, 0) is 30.0 Å². The Bertz CT molecular complexity index is 612. The van der Waals surface area contributed by atoms with E-state index in [2.05, 4.69) is 18.3 Å². The maximum atomic E-state index is 12.8. The molecule has 0 aliphatic carbocycles. The predicted octanol–water partition coefficient (Wildman–Crippen LogP) is 1.94. The zero-order valence-electron chi connectivity index (χ0n) is 15.7. The number of ether oxygens (including phenoxy) is 4. The van der Waals surface area contributed by atoms with E-state index in [1.165, 1.54) is 11.1 Å². The van der Waals surface area contributed by atoms with Gasteiger partial charge in [0.2, 0.25) is 0 Å². The van der Waals surface area contributed by atoms with Crippen molar-refractivity contribution < 1.29 is 23.7 Å². The van der Waals surface area contributed by atoms with Gasteiger partial charge in [0.25, 0.3) is 5.91 Å². The van der Waals surface area contributed by atoms with E-state index in [9.17, 15) is 4.79 Å². The first-order chi connectivity index (χ1) is 12.7. The Morgan fingerprint density at radius 3 is 2.85 bits per heavy atom. The summed E-state index contributed by atoms with van der Waals surface area (Å²) in [6, 6.07) is 6.06. The number of amides is 1. The summed E-state index contributed by atoms with van der Waals surface area (Å²) in [5, 5.41) is 3.06. The maximum Gasteiger partial charge on any atom is 0.253 e. The van der Waals surface area contributed by atoms with Crippen LogP contribution in [0.15, 0.2) is 18.2 Å². The van der Waals surface area contributed by atoms with E-state index in [0.717, 1.165) is 24.8 Å². The fourth-order valence-corrected chi connectivity index (χ4v) is 3.70. The summed E-state index contributed by atoms with van der Waals surface area (Å²) >= 11 is 0. The molecule has 0 spiro atoms. The summed E-state index contributed by atoms with van der Waals surface area (Å²) in [7, 11) is 1.65. The summed E-state index contributed by atoms with van der Waals surface area (Å²) in [6.07, 6.45) is 1.83. The standard InChI is InChI=1S/C20H29NO5/c1-15-4-3-5-17-16(15)6-9-25-18(17)19(22)21-14-20(26-13-12-23-2)7-10-24-11-8-20/h3-5,18H,6-14H2,1-2H3,(H,21,22). The minimum atomic E-state index is -0.547. The molecule has 0 aromatic heterocycles. The number of nitrogens with one attached hydrogen (secondary N) is 1. The molecular weight excluding hydrogens is 334 g/mol. The van der Waals surface area contributed by atoms with Crippen molar-refractivity contribution in [1.29, 1.82) is 0 Å². The first-order valence-electron chi connectivity index (χ1n) is 9.33. The monoisotopic (exact) mass is 363 g/mol. The third-order valence-corrected chi connectivity index (χ3v) is 5.29. The second kappa shape index (κ2) is 8.95.